The number of hydrogen-bond donors (Lipinski definition) is 1. The molecule has 2 aromatic rings. The Balaban J connectivity index is 1.45. The number of nitrogens with zero attached hydrogens (tertiary/aromatic N) is 1. The minimum absolute atomic E-state index is 0.225. The van der Waals surface area contributed by atoms with Gasteiger partial charge in [0.25, 0.3) is 0 Å². The van der Waals surface area contributed by atoms with Crippen molar-refractivity contribution in [2.24, 2.45) is 0 Å². The lowest BCUT2D eigenvalue weighted by Gasteiger charge is -2.32. The van der Waals surface area contributed by atoms with Crippen LogP contribution < -0.4 is 4.72 Å². The van der Waals surface area contributed by atoms with E-state index in [0.29, 0.717) is 18.0 Å². The zero-order valence-electron chi connectivity index (χ0n) is 18.1. The molecule has 0 aliphatic carbocycles. The van der Waals surface area contributed by atoms with Crippen molar-refractivity contribution >= 4 is 21.5 Å². The summed E-state index contributed by atoms with van der Waals surface area (Å²) in [6.45, 7) is 7.06. The van der Waals surface area contributed by atoms with Crippen molar-refractivity contribution in [3.8, 4) is 0 Å². The number of carbonyl (C=O) groups is 1. The second-order valence-electron chi connectivity index (χ2n) is 8.44. The average molecular weight is 429 g/mol. The summed E-state index contributed by atoms with van der Waals surface area (Å²) in [5, 5.41) is 0. The van der Waals surface area contributed by atoms with Crippen LogP contribution >= 0.6 is 0 Å². The molecule has 1 aliphatic heterocycles. The molecule has 2 aromatic carbocycles. The number of benzene rings is 2. The molecule has 0 spiro atoms. The second kappa shape index (κ2) is 9.75. The van der Waals surface area contributed by atoms with Gasteiger partial charge in [-0.05, 0) is 93.6 Å². The van der Waals surface area contributed by atoms with Gasteiger partial charge < -0.3 is 4.90 Å². The van der Waals surface area contributed by atoms with E-state index < -0.39 is 10.0 Å². The highest BCUT2D eigenvalue weighted by Crippen LogP contribution is 2.30. The summed E-state index contributed by atoms with van der Waals surface area (Å²) in [5.74, 6) is 0.669. The third-order valence-electron chi connectivity index (χ3n) is 5.96. The smallest absolute Gasteiger partial charge is 0.229 e. The molecule has 0 atom stereocenters. The maximum absolute atomic E-state index is 12.5. The van der Waals surface area contributed by atoms with Gasteiger partial charge in [-0.3, -0.25) is 9.52 Å². The molecule has 0 bridgehead atoms. The van der Waals surface area contributed by atoms with Crippen molar-refractivity contribution in [1.82, 2.24) is 4.90 Å². The molecule has 1 aliphatic rings. The number of anilines is 1. The molecular formula is C24H32N2O3S. The Morgan fingerprint density at radius 2 is 1.80 bits per heavy atom. The Bertz CT molecular complexity index is 993. The van der Waals surface area contributed by atoms with Crippen molar-refractivity contribution < 1.29 is 13.2 Å². The van der Waals surface area contributed by atoms with E-state index in [1.165, 1.54) is 22.9 Å². The minimum Gasteiger partial charge on any atom is -0.303 e. The average Bonchev–Trinajstić information content (AvgIpc) is 2.69. The van der Waals surface area contributed by atoms with Gasteiger partial charge >= 0.3 is 0 Å². The Morgan fingerprint density at radius 1 is 1.07 bits per heavy atom. The largest absolute Gasteiger partial charge is 0.303 e. The first-order chi connectivity index (χ1) is 14.2. The van der Waals surface area contributed by atoms with Crippen LogP contribution in [0.1, 0.15) is 58.6 Å². The van der Waals surface area contributed by atoms with Crippen LogP contribution in [0.25, 0.3) is 0 Å². The molecule has 3 rings (SSSR count). The van der Waals surface area contributed by atoms with E-state index in [2.05, 4.69) is 22.6 Å². The lowest BCUT2D eigenvalue weighted by atomic mass is 9.89. The number of carbonyl (C=O) groups excluding carboxylic acids is 1. The van der Waals surface area contributed by atoms with Gasteiger partial charge in [-0.25, -0.2) is 8.42 Å². The molecule has 1 fully saturated rings. The van der Waals surface area contributed by atoms with E-state index in [1.54, 1.807) is 6.07 Å². The number of rotatable bonds is 8. The summed E-state index contributed by atoms with van der Waals surface area (Å²) in [6.07, 6.45) is 4.73. The summed E-state index contributed by atoms with van der Waals surface area (Å²) in [7, 11) is -3.26. The zero-order valence-corrected chi connectivity index (χ0v) is 19.0. The Morgan fingerprint density at radius 3 is 2.47 bits per heavy atom. The molecule has 0 radical (unpaired) electrons. The first-order valence-corrected chi connectivity index (χ1v) is 12.5. The maximum atomic E-state index is 12.5. The molecule has 0 aromatic heterocycles. The number of sulfonamides is 1. The summed E-state index contributed by atoms with van der Waals surface area (Å²) >= 11 is 0. The van der Waals surface area contributed by atoms with Crippen LogP contribution in [0.3, 0.4) is 0 Å². The molecule has 6 heteroatoms. The van der Waals surface area contributed by atoms with Crippen molar-refractivity contribution in [3.05, 3.63) is 64.7 Å². The van der Waals surface area contributed by atoms with E-state index in [9.17, 15) is 13.2 Å². The van der Waals surface area contributed by atoms with Gasteiger partial charge in [0.15, 0.2) is 5.78 Å². The van der Waals surface area contributed by atoms with E-state index in [-0.39, 0.29) is 5.78 Å². The standard InChI is InChI=1S/C24H32N2O3S/c1-18-9-10-22(16-19(18)2)24(27)8-5-13-26-14-11-20(12-15-26)21-6-4-7-23(17-21)25-30(3,28)29/h4,6-7,9-10,16-17,20,25H,5,8,11-15H2,1-3H3. The highest BCUT2D eigenvalue weighted by molar-refractivity contribution is 7.92. The summed E-state index contributed by atoms with van der Waals surface area (Å²) < 4.78 is 25.5. The van der Waals surface area contributed by atoms with E-state index in [1.807, 2.05) is 37.3 Å². The number of piperidine rings is 1. The van der Waals surface area contributed by atoms with E-state index in [0.717, 1.165) is 44.5 Å². The van der Waals surface area contributed by atoms with Gasteiger partial charge in [-0.2, -0.15) is 0 Å². The molecular weight excluding hydrogens is 396 g/mol. The predicted molar refractivity (Wildman–Crippen MR) is 123 cm³/mol. The van der Waals surface area contributed by atoms with Gasteiger partial charge in [0.05, 0.1) is 6.26 Å². The van der Waals surface area contributed by atoms with Crippen LogP contribution in [-0.4, -0.2) is 45.0 Å². The second-order valence-corrected chi connectivity index (χ2v) is 10.2. The molecule has 1 saturated heterocycles. The van der Waals surface area contributed by atoms with Gasteiger partial charge in [-0.15, -0.1) is 0 Å². The van der Waals surface area contributed by atoms with Crippen LogP contribution in [0.2, 0.25) is 0 Å². The highest BCUT2D eigenvalue weighted by Gasteiger charge is 2.21. The van der Waals surface area contributed by atoms with E-state index in [4.69, 9.17) is 0 Å². The number of ketones is 1. The predicted octanol–water partition coefficient (Wildman–Crippen LogP) is 4.52. The number of nitrogens with one attached hydrogen (secondary N) is 1. The van der Waals surface area contributed by atoms with Crippen molar-refractivity contribution in [1.29, 1.82) is 0 Å². The summed E-state index contributed by atoms with van der Waals surface area (Å²) in [4.78, 5) is 14.9. The minimum atomic E-state index is -3.26. The van der Waals surface area contributed by atoms with Gasteiger partial charge in [-0.1, -0.05) is 24.3 Å². The van der Waals surface area contributed by atoms with Crippen LogP contribution in [0, 0.1) is 13.8 Å². The lowest BCUT2D eigenvalue weighted by molar-refractivity contribution is 0.0972. The quantitative estimate of drug-likeness (QED) is 0.628. The Hall–Kier alpha value is -2.18. The Labute approximate surface area is 180 Å². The molecule has 0 amide bonds. The van der Waals surface area contributed by atoms with Crippen molar-refractivity contribution in [2.45, 2.75) is 45.4 Å². The third kappa shape index (κ3) is 6.41. The first kappa shape index (κ1) is 22.5. The fourth-order valence-corrected chi connectivity index (χ4v) is 4.64. The molecule has 5 nitrogen and oxygen atoms in total. The molecule has 30 heavy (non-hydrogen) atoms. The van der Waals surface area contributed by atoms with E-state index >= 15 is 0 Å². The third-order valence-corrected chi connectivity index (χ3v) is 6.56. The lowest BCUT2D eigenvalue weighted by Crippen LogP contribution is -2.33. The fourth-order valence-electron chi connectivity index (χ4n) is 4.08. The van der Waals surface area contributed by atoms with Crippen LogP contribution in [0.15, 0.2) is 42.5 Å². The highest BCUT2D eigenvalue weighted by atomic mass is 32.2. The first-order valence-electron chi connectivity index (χ1n) is 10.6. The normalized spacial score (nSPS) is 15.8. The number of aryl methyl sites for hydroxylation is 2. The van der Waals surface area contributed by atoms with Gasteiger partial charge in [0.2, 0.25) is 10.0 Å². The van der Waals surface area contributed by atoms with Crippen LogP contribution in [-0.2, 0) is 10.0 Å². The summed E-state index contributed by atoms with van der Waals surface area (Å²) in [6, 6.07) is 13.7. The molecule has 1 heterocycles. The Kier molecular flexibility index (Phi) is 7.32. The molecule has 0 unspecified atom stereocenters. The molecule has 1 N–H and O–H groups in total. The zero-order chi connectivity index (χ0) is 21.7. The van der Waals surface area contributed by atoms with Crippen LogP contribution in [0.5, 0.6) is 0 Å². The SMILES string of the molecule is Cc1ccc(C(=O)CCCN2CCC(c3cccc(NS(C)(=O)=O)c3)CC2)cc1C. The monoisotopic (exact) mass is 428 g/mol. The fraction of sp³-hybridized carbons (Fsp3) is 0.458. The molecule has 162 valence electrons. The number of Topliss-reactive ketones (excluding diaryl/α,β-unsaturated/α-hetero) is 1. The van der Waals surface area contributed by atoms with Gasteiger partial charge in [0.1, 0.15) is 0 Å². The van der Waals surface area contributed by atoms with Gasteiger partial charge in [0, 0.05) is 17.7 Å². The van der Waals surface area contributed by atoms with Crippen molar-refractivity contribution in [2.75, 3.05) is 30.6 Å². The van der Waals surface area contributed by atoms with Crippen LogP contribution in [0.4, 0.5) is 5.69 Å². The van der Waals surface area contributed by atoms with Crippen molar-refractivity contribution in [3.63, 3.8) is 0 Å². The molecule has 0 saturated carbocycles. The maximum Gasteiger partial charge on any atom is 0.229 e. The topological polar surface area (TPSA) is 66.5 Å². The summed E-state index contributed by atoms with van der Waals surface area (Å²) in [5.41, 5.74) is 5.01. The number of likely N-dealkylation sites (tertiary alicyclic amines) is 1. The number of hydrogen-bond acceptors (Lipinski definition) is 4.